The molecular formula is C24H28O2. The first kappa shape index (κ1) is 17.8. The number of fused-ring (bicyclic) bond motifs is 1. The summed E-state index contributed by atoms with van der Waals surface area (Å²) in [7, 11) is 1.81. The lowest BCUT2D eigenvalue weighted by Crippen LogP contribution is -2.45. The van der Waals surface area contributed by atoms with Gasteiger partial charge in [0.05, 0.1) is 11.8 Å². The largest absolute Gasteiger partial charge is 0.351 e. The summed E-state index contributed by atoms with van der Waals surface area (Å²) in [5.41, 5.74) is 2.52. The van der Waals surface area contributed by atoms with Crippen LogP contribution < -0.4 is 0 Å². The molecule has 0 saturated heterocycles. The van der Waals surface area contributed by atoms with Gasteiger partial charge < -0.3 is 9.47 Å². The second-order valence-corrected chi connectivity index (χ2v) is 7.37. The highest BCUT2D eigenvalue weighted by Gasteiger charge is 2.64. The average molecular weight is 348 g/mol. The fourth-order valence-corrected chi connectivity index (χ4v) is 5.01. The van der Waals surface area contributed by atoms with Gasteiger partial charge in [-0.3, -0.25) is 0 Å². The van der Waals surface area contributed by atoms with Crippen LogP contribution in [0.4, 0.5) is 0 Å². The summed E-state index contributed by atoms with van der Waals surface area (Å²) in [6, 6.07) is 21.5. The maximum Gasteiger partial charge on any atom is 0.189 e. The predicted octanol–water partition coefficient (Wildman–Crippen LogP) is 5.43. The summed E-state index contributed by atoms with van der Waals surface area (Å²) in [6.45, 7) is 2.85. The molecular weight excluding hydrogens is 320 g/mol. The van der Waals surface area contributed by atoms with Crippen molar-refractivity contribution in [2.45, 2.75) is 38.4 Å². The van der Waals surface area contributed by atoms with E-state index in [0.29, 0.717) is 18.4 Å². The van der Waals surface area contributed by atoms with Crippen LogP contribution >= 0.6 is 0 Å². The van der Waals surface area contributed by atoms with E-state index in [2.05, 4.69) is 67.6 Å². The number of methoxy groups -OCH3 is 1. The molecule has 2 saturated carbocycles. The molecule has 0 amide bonds. The standard InChI is InChI=1S/C24H28O2/c1-3-17-26-24(25-2)22(18-11-6-4-7-12-18)20-15-10-16-21(20)23(24)19-13-8-5-9-14-19/h4-9,11-14,20-21H,3,10,15-17H2,1-2H3/t20-,21+,24?. The summed E-state index contributed by atoms with van der Waals surface area (Å²) < 4.78 is 12.8. The molecule has 136 valence electrons. The molecule has 0 aromatic heterocycles. The van der Waals surface area contributed by atoms with Crippen molar-refractivity contribution in [1.82, 2.24) is 0 Å². The molecule has 2 aliphatic rings. The molecule has 0 heterocycles. The molecule has 2 heteroatoms. The Morgan fingerprint density at radius 2 is 1.35 bits per heavy atom. The lowest BCUT2D eigenvalue weighted by molar-refractivity contribution is -0.189. The zero-order valence-corrected chi connectivity index (χ0v) is 15.8. The van der Waals surface area contributed by atoms with Crippen molar-refractivity contribution in [2.75, 3.05) is 13.7 Å². The van der Waals surface area contributed by atoms with Gasteiger partial charge in [-0.25, -0.2) is 0 Å². The molecule has 26 heavy (non-hydrogen) atoms. The molecule has 0 bridgehead atoms. The summed E-state index contributed by atoms with van der Waals surface area (Å²) in [5, 5.41) is 0. The van der Waals surface area contributed by atoms with E-state index >= 15 is 0 Å². The zero-order chi connectivity index (χ0) is 18.0. The van der Waals surface area contributed by atoms with Crippen LogP contribution in [0, 0.1) is 23.7 Å². The van der Waals surface area contributed by atoms with Gasteiger partial charge in [-0.15, -0.1) is 0 Å². The summed E-state index contributed by atoms with van der Waals surface area (Å²) in [6.07, 6.45) is 4.68. The summed E-state index contributed by atoms with van der Waals surface area (Å²) in [4.78, 5) is 0. The first-order valence-electron chi connectivity index (χ1n) is 9.86. The first-order valence-corrected chi connectivity index (χ1v) is 9.86. The van der Waals surface area contributed by atoms with Crippen LogP contribution in [0.3, 0.4) is 0 Å². The molecule has 3 atom stereocenters. The molecule has 2 aromatic rings. The van der Waals surface area contributed by atoms with E-state index in [0.717, 1.165) is 6.42 Å². The van der Waals surface area contributed by atoms with Crippen molar-refractivity contribution in [3.05, 3.63) is 83.6 Å². The zero-order valence-electron chi connectivity index (χ0n) is 15.8. The highest BCUT2D eigenvalue weighted by molar-refractivity contribution is 5.53. The van der Waals surface area contributed by atoms with E-state index in [1.165, 1.54) is 42.2 Å². The van der Waals surface area contributed by atoms with Gasteiger partial charge in [-0.05, 0) is 42.2 Å². The Balaban J connectivity index is 1.86. The van der Waals surface area contributed by atoms with E-state index in [9.17, 15) is 0 Å². The number of hydrogen-bond acceptors (Lipinski definition) is 2. The normalized spacial score (nSPS) is 29.2. The van der Waals surface area contributed by atoms with Gasteiger partial charge in [0.15, 0.2) is 5.79 Å². The summed E-state index contributed by atoms with van der Waals surface area (Å²) >= 11 is 0. The Hall–Kier alpha value is -1.64. The minimum atomic E-state index is -0.742. The van der Waals surface area contributed by atoms with Gasteiger partial charge in [0.25, 0.3) is 0 Å². The molecule has 4 rings (SSSR count). The van der Waals surface area contributed by atoms with Gasteiger partial charge >= 0.3 is 0 Å². The second-order valence-electron chi connectivity index (χ2n) is 7.37. The Labute approximate surface area is 157 Å². The maximum absolute atomic E-state index is 6.56. The molecule has 2 aromatic carbocycles. The molecule has 2 radical (unpaired) electrons. The Morgan fingerprint density at radius 1 is 0.846 bits per heavy atom. The fraction of sp³-hybridized carbons (Fsp3) is 0.417. The smallest absolute Gasteiger partial charge is 0.189 e. The van der Waals surface area contributed by atoms with Gasteiger partial charge in [0.2, 0.25) is 0 Å². The Bertz CT molecular complexity index is 643. The molecule has 2 nitrogen and oxygen atoms in total. The van der Waals surface area contributed by atoms with Crippen LogP contribution in [0.15, 0.2) is 60.7 Å². The van der Waals surface area contributed by atoms with Crippen LogP contribution in [0.2, 0.25) is 0 Å². The van der Waals surface area contributed by atoms with E-state index in [4.69, 9.17) is 9.47 Å². The molecule has 0 spiro atoms. The summed E-state index contributed by atoms with van der Waals surface area (Å²) in [5.74, 6) is 2.92. The quantitative estimate of drug-likeness (QED) is 0.648. The molecule has 2 aliphatic carbocycles. The van der Waals surface area contributed by atoms with Crippen molar-refractivity contribution in [3.63, 3.8) is 0 Å². The minimum absolute atomic E-state index is 0.504. The second kappa shape index (κ2) is 7.54. The topological polar surface area (TPSA) is 18.5 Å². The van der Waals surface area contributed by atoms with Crippen LogP contribution in [-0.2, 0) is 9.47 Å². The molecule has 0 aliphatic heterocycles. The highest BCUT2D eigenvalue weighted by Crippen LogP contribution is 2.63. The molecule has 0 N–H and O–H groups in total. The fourth-order valence-electron chi connectivity index (χ4n) is 5.01. The van der Waals surface area contributed by atoms with Gasteiger partial charge in [0.1, 0.15) is 0 Å². The maximum atomic E-state index is 6.56. The van der Waals surface area contributed by atoms with Crippen LogP contribution in [0.25, 0.3) is 0 Å². The molecule has 1 unspecified atom stereocenters. The van der Waals surface area contributed by atoms with Crippen molar-refractivity contribution in [1.29, 1.82) is 0 Å². The first-order chi connectivity index (χ1) is 12.8. The van der Waals surface area contributed by atoms with Crippen molar-refractivity contribution < 1.29 is 9.47 Å². The van der Waals surface area contributed by atoms with E-state index in [1.54, 1.807) is 0 Å². The van der Waals surface area contributed by atoms with Crippen molar-refractivity contribution >= 4 is 0 Å². The van der Waals surface area contributed by atoms with Gasteiger partial charge in [-0.2, -0.15) is 0 Å². The number of ether oxygens (including phenoxy) is 2. The third-order valence-corrected chi connectivity index (χ3v) is 5.93. The average Bonchev–Trinajstić information content (AvgIpc) is 3.25. The number of hydrogen-bond donors (Lipinski definition) is 0. The van der Waals surface area contributed by atoms with E-state index < -0.39 is 5.79 Å². The lowest BCUT2D eigenvalue weighted by atomic mass is 9.82. The van der Waals surface area contributed by atoms with Crippen LogP contribution in [-0.4, -0.2) is 19.5 Å². The van der Waals surface area contributed by atoms with E-state index in [-0.39, 0.29) is 0 Å². The van der Waals surface area contributed by atoms with Crippen LogP contribution in [0.1, 0.15) is 43.7 Å². The van der Waals surface area contributed by atoms with Crippen molar-refractivity contribution in [2.24, 2.45) is 11.8 Å². The SMILES string of the molecule is CCCOC1(OC)[C](c2ccccc2)[C@H]2CCC[C@H]2[C]1c1ccccc1. The van der Waals surface area contributed by atoms with Crippen LogP contribution in [0.5, 0.6) is 0 Å². The monoisotopic (exact) mass is 348 g/mol. The van der Waals surface area contributed by atoms with Gasteiger partial charge in [0, 0.05) is 13.7 Å². The van der Waals surface area contributed by atoms with Crippen molar-refractivity contribution in [3.8, 4) is 0 Å². The Morgan fingerprint density at radius 3 is 1.77 bits per heavy atom. The lowest BCUT2D eigenvalue weighted by Gasteiger charge is -2.40. The number of benzene rings is 2. The molecule has 2 fully saturated rings. The highest BCUT2D eigenvalue weighted by atomic mass is 16.7. The van der Waals surface area contributed by atoms with Gasteiger partial charge in [-0.1, -0.05) is 74.0 Å². The third-order valence-electron chi connectivity index (χ3n) is 5.93. The Kier molecular flexibility index (Phi) is 5.15. The predicted molar refractivity (Wildman–Crippen MR) is 104 cm³/mol. The third kappa shape index (κ3) is 2.80. The minimum Gasteiger partial charge on any atom is -0.351 e. The number of rotatable bonds is 6. The van der Waals surface area contributed by atoms with E-state index in [1.807, 2.05) is 7.11 Å².